The SMILES string of the molecule is CC1CC(NCCCO)CN(C(C)C)C1. The van der Waals surface area contributed by atoms with E-state index in [1.165, 1.54) is 13.0 Å². The van der Waals surface area contributed by atoms with Gasteiger partial charge in [0.15, 0.2) is 0 Å². The molecule has 3 nitrogen and oxygen atoms in total. The number of nitrogens with zero attached hydrogens (tertiary/aromatic N) is 1. The maximum Gasteiger partial charge on any atom is 0.0443 e. The molecule has 3 heteroatoms. The number of hydrogen-bond acceptors (Lipinski definition) is 3. The summed E-state index contributed by atoms with van der Waals surface area (Å²) in [5.41, 5.74) is 0. The summed E-state index contributed by atoms with van der Waals surface area (Å²) < 4.78 is 0. The average molecular weight is 214 g/mol. The van der Waals surface area contributed by atoms with Gasteiger partial charge in [-0.15, -0.1) is 0 Å². The van der Waals surface area contributed by atoms with Crippen molar-refractivity contribution in [1.29, 1.82) is 0 Å². The van der Waals surface area contributed by atoms with Crippen molar-refractivity contribution in [2.24, 2.45) is 5.92 Å². The van der Waals surface area contributed by atoms with E-state index in [0.717, 1.165) is 25.4 Å². The molecule has 1 heterocycles. The van der Waals surface area contributed by atoms with Crippen molar-refractivity contribution in [2.45, 2.75) is 45.7 Å². The van der Waals surface area contributed by atoms with Gasteiger partial charge in [-0.1, -0.05) is 6.92 Å². The van der Waals surface area contributed by atoms with Crippen LogP contribution in [0.5, 0.6) is 0 Å². The van der Waals surface area contributed by atoms with Crippen LogP contribution in [-0.4, -0.2) is 48.3 Å². The van der Waals surface area contributed by atoms with Crippen molar-refractivity contribution < 1.29 is 5.11 Å². The van der Waals surface area contributed by atoms with Gasteiger partial charge >= 0.3 is 0 Å². The van der Waals surface area contributed by atoms with Crippen LogP contribution in [0.15, 0.2) is 0 Å². The molecule has 2 N–H and O–H groups in total. The number of piperidine rings is 1. The molecule has 0 spiro atoms. The smallest absolute Gasteiger partial charge is 0.0443 e. The van der Waals surface area contributed by atoms with Gasteiger partial charge in [0.2, 0.25) is 0 Å². The fraction of sp³-hybridized carbons (Fsp3) is 1.00. The van der Waals surface area contributed by atoms with Crippen LogP contribution in [0.2, 0.25) is 0 Å². The monoisotopic (exact) mass is 214 g/mol. The Balaban J connectivity index is 2.31. The Morgan fingerprint density at radius 3 is 2.73 bits per heavy atom. The zero-order chi connectivity index (χ0) is 11.3. The average Bonchev–Trinajstić information content (AvgIpc) is 2.17. The van der Waals surface area contributed by atoms with Crippen LogP contribution in [0.25, 0.3) is 0 Å². The molecule has 1 aliphatic rings. The Kier molecular flexibility index (Phi) is 5.58. The number of aliphatic hydroxyl groups excluding tert-OH is 1. The predicted octanol–water partition coefficient (Wildman–Crippen LogP) is 1.08. The van der Waals surface area contributed by atoms with Crippen molar-refractivity contribution in [1.82, 2.24) is 10.2 Å². The van der Waals surface area contributed by atoms with E-state index >= 15 is 0 Å². The first kappa shape index (κ1) is 12.9. The van der Waals surface area contributed by atoms with E-state index in [-0.39, 0.29) is 0 Å². The molecule has 0 amide bonds. The van der Waals surface area contributed by atoms with E-state index in [2.05, 4.69) is 31.0 Å². The van der Waals surface area contributed by atoms with E-state index in [0.29, 0.717) is 18.7 Å². The number of rotatable bonds is 5. The highest BCUT2D eigenvalue weighted by Gasteiger charge is 2.25. The summed E-state index contributed by atoms with van der Waals surface area (Å²) in [4.78, 5) is 2.55. The standard InChI is InChI=1S/C12H26N2O/c1-10(2)14-8-11(3)7-12(9-14)13-5-4-6-15/h10-13,15H,4-9H2,1-3H3. The third-order valence-corrected chi connectivity index (χ3v) is 3.19. The molecule has 0 aromatic rings. The summed E-state index contributed by atoms with van der Waals surface area (Å²) in [5, 5.41) is 12.3. The van der Waals surface area contributed by atoms with E-state index in [4.69, 9.17) is 5.11 Å². The summed E-state index contributed by atoms with van der Waals surface area (Å²) >= 11 is 0. The number of likely N-dealkylation sites (tertiary alicyclic amines) is 1. The maximum absolute atomic E-state index is 8.74. The summed E-state index contributed by atoms with van der Waals surface area (Å²) in [7, 11) is 0. The van der Waals surface area contributed by atoms with Crippen molar-refractivity contribution >= 4 is 0 Å². The van der Waals surface area contributed by atoms with Crippen molar-refractivity contribution in [3.05, 3.63) is 0 Å². The zero-order valence-corrected chi connectivity index (χ0v) is 10.4. The lowest BCUT2D eigenvalue weighted by Gasteiger charge is -2.39. The molecule has 2 atom stereocenters. The van der Waals surface area contributed by atoms with Crippen LogP contribution < -0.4 is 5.32 Å². The van der Waals surface area contributed by atoms with Crippen LogP contribution in [0.3, 0.4) is 0 Å². The van der Waals surface area contributed by atoms with E-state index in [1.54, 1.807) is 0 Å². The third kappa shape index (κ3) is 4.49. The van der Waals surface area contributed by atoms with E-state index in [1.807, 2.05) is 0 Å². The Bertz CT molecular complexity index is 173. The topological polar surface area (TPSA) is 35.5 Å². The minimum atomic E-state index is 0.295. The van der Waals surface area contributed by atoms with Crippen molar-refractivity contribution in [3.63, 3.8) is 0 Å². The number of nitrogens with one attached hydrogen (secondary N) is 1. The van der Waals surface area contributed by atoms with E-state index < -0.39 is 0 Å². The fourth-order valence-electron chi connectivity index (χ4n) is 2.35. The molecule has 1 saturated heterocycles. The summed E-state index contributed by atoms with van der Waals surface area (Å²) in [6.45, 7) is 10.5. The Labute approximate surface area is 93.9 Å². The quantitative estimate of drug-likeness (QED) is 0.672. The normalized spacial score (nSPS) is 28.6. The van der Waals surface area contributed by atoms with Gasteiger partial charge in [0, 0.05) is 31.8 Å². The van der Waals surface area contributed by atoms with Crippen LogP contribution in [0, 0.1) is 5.92 Å². The van der Waals surface area contributed by atoms with Gasteiger partial charge < -0.3 is 10.4 Å². The van der Waals surface area contributed by atoms with Gasteiger partial charge in [-0.2, -0.15) is 0 Å². The third-order valence-electron chi connectivity index (χ3n) is 3.19. The largest absolute Gasteiger partial charge is 0.396 e. The van der Waals surface area contributed by atoms with Crippen LogP contribution >= 0.6 is 0 Å². The zero-order valence-electron chi connectivity index (χ0n) is 10.4. The van der Waals surface area contributed by atoms with Crippen LogP contribution in [0.4, 0.5) is 0 Å². The van der Waals surface area contributed by atoms with Crippen molar-refractivity contribution in [2.75, 3.05) is 26.2 Å². The second-order valence-electron chi connectivity index (χ2n) is 5.12. The molecule has 90 valence electrons. The molecular formula is C12H26N2O. The van der Waals surface area contributed by atoms with Crippen LogP contribution in [-0.2, 0) is 0 Å². The van der Waals surface area contributed by atoms with Gasteiger partial charge in [0.25, 0.3) is 0 Å². The Morgan fingerprint density at radius 1 is 1.40 bits per heavy atom. The molecule has 0 aromatic heterocycles. The van der Waals surface area contributed by atoms with Gasteiger partial charge in [-0.25, -0.2) is 0 Å². The first-order chi connectivity index (χ1) is 7.13. The fourth-order valence-corrected chi connectivity index (χ4v) is 2.35. The molecule has 0 radical (unpaired) electrons. The summed E-state index contributed by atoms with van der Waals surface area (Å²) in [5.74, 6) is 0.785. The van der Waals surface area contributed by atoms with Crippen molar-refractivity contribution in [3.8, 4) is 0 Å². The van der Waals surface area contributed by atoms with Crippen LogP contribution in [0.1, 0.15) is 33.6 Å². The van der Waals surface area contributed by atoms with E-state index in [9.17, 15) is 0 Å². The van der Waals surface area contributed by atoms with Gasteiger partial charge in [-0.3, -0.25) is 4.90 Å². The molecule has 1 fully saturated rings. The molecule has 0 aliphatic carbocycles. The van der Waals surface area contributed by atoms with Gasteiger partial charge in [-0.05, 0) is 39.2 Å². The predicted molar refractivity (Wildman–Crippen MR) is 64.0 cm³/mol. The highest BCUT2D eigenvalue weighted by Crippen LogP contribution is 2.18. The Morgan fingerprint density at radius 2 is 2.13 bits per heavy atom. The lowest BCUT2D eigenvalue weighted by molar-refractivity contribution is 0.118. The number of aliphatic hydroxyl groups is 1. The number of hydrogen-bond donors (Lipinski definition) is 2. The second-order valence-corrected chi connectivity index (χ2v) is 5.12. The summed E-state index contributed by atoms with van der Waals surface area (Å²) in [6, 6.07) is 1.26. The molecule has 2 unspecified atom stereocenters. The first-order valence-electron chi connectivity index (χ1n) is 6.21. The lowest BCUT2D eigenvalue weighted by Crippen LogP contribution is -2.51. The van der Waals surface area contributed by atoms with Gasteiger partial charge in [0.05, 0.1) is 0 Å². The highest BCUT2D eigenvalue weighted by atomic mass is 16.3. The first-order valence-corrected chi connectivity index (χ1v) is 6.21. The molecule has 15 heavy (non-hydrogen) atoms. The molecule has 1 rings (SSSR count). The van der Waals surface area contributed by atoms with Gasteiger partial charge in [0.1, 0.15) is 0 Å². The molecular weight excluding hydrogens is 188 g/mol. The summed E-state index contributed by atoms with van der Waals surface area (Å²) in [6.07, 6.45) is 2.14. The lowest BCUT2D eigenvalue weighted by atomic mass is 9.95. The minimum absolute atomic E-state index is 0.295. The Hall–Kier alpha value is -0.120. The molecule has 1 aliphatic heterocycles. The highest BCUT2D eigenvalue weighted by molar-refractivity contribution is 4.83. The second kappa shape index (κ2) is 6.46. The minimum Gasteiger partial charge on any atom is -0.396 e. The molecule has 0 aromatic carbocycles. The molecule has 0 saturated carbocycles. The molecule has 0 bridgehead atoms. The maximum atomic E-state index is 8.74.